The number of hydrogen-bond donors (Lipinski definition) is 1. The van der Waals surface area contributed by atoms with Crippen LogP contribution in [0.4, 0.5) is 0 Å². The summed E-state index contributed by atoms with van der Waals surface area (Å²) in [5.74, 6) is 1.25. The highest BCUT2D eigenvalue weighted by molar-refractivity contribution is 14.1. The Morgan fingerprint density at radius 1 is 1.19 bits per heavy atom. The van der Waals surface area contributed by atoms with E-state index in [-0.39, 0.29) is 12.5 Å². The van der Waals surface area contributed by atoms with Crippen LogP contribution in [0.1, 0.15) is 15.9 Å². The summed E-state index contributed by atoms with van der Waals surface area (Å²) < 4.78 is 17.6. The Kier molecular flexibility index (Phi) is 8.11. The average Bonchev–Trinajstić information content (AvgIpc) is 2.67. The summed E-state index contributed by atoms with van der Waals surface area (Å²) in [5.41, 5.74) is 3.63. The van der Waals surface area contributed by atoms with E-state index in [0.717, 1.165) is 7.14 Å². The van der Waals surface area contributed by atoms with Gasteiger partial charge in [-0.15, -0.1) is 0 Å². The highest BCUT2D eigenvalue weighted by Crippen LogP contribution is 2.33. The number of ether oxygens (including phenoxy) is 3. The predicted molar refractivity (Wildman–Crippen MR) is 118 cm³/mol. The van der Waals surface area contributed by atoms with E-state index >= 15 is 0 Å². The molecule has 0 saturated carbocycles. The number of carbonyl (C=O) groups excluding carboxylic acids is 1. The van der Waals surface area contributed by atoms with Crippen LogP contribution in [0.2, 0.25) is 0 Å². The second-order valence-corrected chi connectivity index (χ2v) is 7.35. The number of nitrogens with one attached hydrogen (secondary N) is 1. The topological polar surface area (TPSA) is 92.9 Å². The second-order valence-electron chi connectivity index (χ2n) is 5.03. The van der Waals surface area contributed by atoms with Crippen LogP contribution >= 0.6 is 45.2 Å². The van der Waals surface area contributed by atoms with Gasteiger partial charge < -0.3 is 14.2 Å². The van der Waals surface area contributed by atoms with Crippen LogP contribution < -0.4 is 19.6 Å². The third-order valence-corrected chi connectivity index (χ3v) is 5.02. The summed E-state index contributed by atoms with van der Waals surface area (Å²) in [6.07, 6.45) is 1.50. The lowest BCUT2D eigenvalue weighted by atomic mass is 10.2. The summed E-state index contributed by atoms with van der Waals surface area (Å²) in [6, 6.07) is 10.6. The molecule has 2 aromatic carbocycles. The molecule has 2 aromatic rings. The predicted octanol–water partition coefficient (Wildman–Crippen LogP) is 3.58. The third-order valence-electron chi connectivity index (χ3n) is 3.33. The van der Waals surface area contributed by atoms with Gasteiger partial charge >= 0.3 is 0 Å². The van der Waals surface area contributed by atoms with Crippen molar-refractivity contribution < 1.29 is 19.0 Å². The molecule has 7 nitrogen and oxygen atoms in total. The highest BCUT2D eigenvalue weighted by atomic mass is 127. The molecule has 2 rings (SSSR count). The van der Waals surface area contributed by atoms with Gasteiger partial charge in [-0.2, -0.15) is 10.4 Å². The van der Waals surface area contributed by atoms with Crippen molar-refractivity contribution in [3.05, 3.63) is 48.6 Å². The van der Waals surface area contributed by atoms with E-state index in [4.69, 9.17) is 19.5 Å². The molecule has 0 unspecified atom stereocenters. The number of hydrazone groups is 1. The molecule has 0 heterocycles. The summed E-state index contributed by atoms with van der Waals surface area (Å²) in [7, 11) is 3.06. The first-order valence-electron chi connectivity index (χ1n) is 7.54. The molecule has 0 aliphatic heterocycles. The molecule has 0 aliphatic carbocycles. The first kappa shape index (κ1) is 21.2. The summed E-state index contributed by atoms with van der Waals surface area (Å²) >= 11 is 4.21. The number of methoxy groups -OCH3 is 2. The molecular weight excluding hydrogens is 576 g/mol. The number of carbonyl (C=O) groups is 1. The minimum absolute atomic E-state index is 0.0741. The van der Waals surface area contributed by atoms with Crippen molar-refractivity contribution >= 4 is 57.3 Å². The average molecular weight is 591 g/mol. The van der Waals surface area contributed by atoms with Crippen molar-refractivity contribution in [3.63, 3.8) is 0 Å². The number of rotatable bonds is 7. The standard InChI is InChI=1S/C18H15I2N3O4/c1-25-15-9-12(3-4-13(15)19)18(24)23-22-10-11-7-14(20)17(27-6-5-21)16(8-11)26-2/h3-4,7-10H,6H2,1-2H3,(H,23,24)/b22-10-. The van der Waals surface area contributed by atoms with Crippen LogP contribution in [0.3, 0.4) is 0 Å². The Bertz CT molecular complexity index is 910. The van der Waals surface area contributed by atoms with Crippen LogP contribution in [0.15, 0.2) is 35.4 Å². The van der Waals surface area contributed by atoms with Crippen LogP contribution in [0.25, 0.3) is 0 Å². The molecule has 1 amide bonds. The minimum Gasteiger partial charge on any atom is -0.496 e. The van der Waals surface area contributed by atoms with E-state index in [9.17, 15) is 4.79 Å². The maximum Gasteiger partial charge on any atom is 0.271 e. The lowest BCUT2D eigenvalue weighted by Crippen LogP contribution is -2.17. The van der Waals surface area contributed by atoms with Gasteiger partial charge in [-0.3, -0.25) is 4.79 Å². The summed E-state index contributed by atoms with van der Waals surface area (Å²) in [4.78, 5) is 12.2. The maximum atomic E-state index is 12.2. The molecule has 0 radical (unpaired) electrons. The third kappa shape index (κ3) is 5.70. The van der Waals surface area contributed by atoms with E-state index in [1.807, 2.05) is 6.07 Å². The maximum absolute atomic E-state index is 12.2. The van der Waals surface area contributed by atoms with Crippen LogP contribution in [-0.2, 0) is 0 Å². The highest BCUT2D eigenvalue weighted by Gasteiger charge is 2.11. The van der Waals surface area contributed by atoms with Crippen LogP contribution in [0, 0.1) is 18.5 Å². The van der Waals surface area contributed by atoms with E-state index < -0.39 is 0 Å². The monoisotopic (exact) mass is 591 g/mol. The fraction of sp³-hybridized carbons (Fsp3) is 0.167. The smallest absolute Gasteiger partial charge is 0.271 e. The SMILES string of the molecule is COc1cc(C(=O)N/N=C\c2cc(I)c(OCC#N)c(OC)c2)ccc1I. The van der Waals surface area contributed by atoms with E-state index in [1.54, 1.807) is 37.4 Å². The van der Waals surface area contributed by atoms with Crippen LogP contribution in [0.5, 0.6) is 17.2 Å². The molecule has 9 heteroatoms. The Balaban J connectivity index is 2.13. The number of amides is 1. The van der Waals surface area contributed by atoms with Gasteiger partial charge in [0.05, 0.1) is 27.6 Å². The lowest BCUT2D eigenvalue weighted by Gasteiger charge is -2.11. The van der Waals surface area contributed by atoms with Gasteiger partial charge in [0.25, 0.3) is 5.91 Å². The first-order valence-corrected chi connectivity index (χ1v) is 9.70. The lowest BCUT2D eigenvalue weighted by molar-refractivity contribution is 0.0954. The molecular formula is C18H15I2N3O4. The number of halogens is 2. The molecule has 0 spiro atoms. The van der Waals surface area contributed by atoms with Crippen molar-refractivity contribution in [2.75, 3.05) is 20.8 Å². The Morgan fingerprint density at radius 2 is 1.93 bits per heavy atom. The van der Waals surface area contributed by atoms with Crippen molar-refractivity contribution in [2.24, 2.45) is 5.10 Å². The Labute approximate surface area is 184 Å². The zero-order valence-corrected chi connectivity index (χ0v) is 18.8. The summed E-state index contributed by atoms with van der Waals surface area (Å²) in [5, 5.41) is 12.6. The summed E-state index contributed by atoms with van der Waals surface area (Å²) in [6.45, 7) is -0.0741. The molecule has 27 heavy (non-hydrogen) atoms. The number of benzene rings is 2. The van der Waals surface area contributed by atoms with Crippen LogP contribution in [-0.4, -0.2) is 32.9 Å². The molecule has 0 aromatic heterocycles. The Morgan fingerprint density at radius 3 is 2.59 bits per heavy atom. The van der Waals surface area contributed by atoms with Crippen molar-refractivity contribution in [1.82, 2.24) is 5.43 Å². The largest absolute Gasteiger partial charge is 0.496 e. The molecule has 0 aliphatic rings. The van der Waals surface area contributed by atoms with E-state index in [0.29, 0.717) is 28.4 Å². The molecule has 0 atom stereocenters. The fourth-order valence-electron chi connectivity index (χ4n) is 2.09. The van der Waals surface area contributed by atoms with Gasteiger partial charge in [0.2, 0.25) is 0 Å². The number of hydrogen-bond acceptors (Lipinski definition) is 6. The zero-order chi connectivity index (χ0) is 19.8. The van der Waals surface area contributed by atoms with Gasteiger partial charge in [0, 0.05) is 5.56 Å². The molecule has 0 fully saturated rings. The fourth-order valence-corrected chi connectivity index (χ4v) is 3.43. The normalized spacial score (nSPS) is 10.3. The molecule has 0 bridgehead atoms. The zero-order valence-electron chi connectivity index (χ0n) is 14.5. The molecule has 1 N–H and O–H groups in total. The van der Waals surface area contributed by atoms with Gasteiger partial charge in [0.15, 0.2) is 18.1 Å². The first-order chi connectivity index (χ1) is 13.0. The van der Waals surface area contributed by atoms with E-state index in [2.05, 4.69) is 55.7 Å². The van der Waals surface area contributed by atoms with Gasteiger partial charge in [-0.25, -0.2) is 5.43 Å². The molecule has 0 saturated heterocycles. The van der Waals surface area contributed by atoms with E-state index in [1.165, 1.54) is 13.3 Å². The van der Waals surface area contributed by atoms with Gasteiger partial charge in [0.1, 0.15) is 11.8 Å². The molecule has 140 valence electrons. The van der Waals surface area contributed by atoms with Crippen molar-refractivity contribution in [3.8, 4) is 23.3 Å². The van der Waals surface area contributed by atoms with Gasteiger partial charge in [-0.05, 0) is 81.1 Å². The second kappa shape index (κ2) is 10.3. The van der Waals surface area contributed by atoms with Crippen molar-refractivity contribution in [2.45, 2.75) is 0 Å². The number of nitrogens with zero attached hydrogens (tertiary/aromatic N) is 2. The van der Waals surface area contributed by atoms with Crippen molar-refractivity contribution in [1.29, 1.82) is 5.26 Å². The minimum atomic E-state index is -0.350. The number of nitriles is 1. The van der Waals surface area contributed by atoms with Gasteiger partial charge in [-0.1, -0.05) is 0 Å². The quantitative estimate of drug-likeness (QED) is 0.302. The Hall–Kier alpha value is -2.07.